The molecule has 0 amide bonds. The van der Waals surface area contributed by atoms with Crippen molar-refractivity contribution in [1.82, 2.24) is 0 Å². The van der Waals surface area contributed by atoms with E-state index in [1.54, 1.807) is 18.2 Å². The quantitative estimate of drug-likeness (QED) is 0.861. The number of rotatable bonds is 3. The fraction of sp³-hybridized carbons (Fsp3) is 0.0714. The van der Waals surface area contributed by atoms with Crippen molar-refractivity contribution in [2.24, 2.45) is 0 Å². The summed E-state index contributed by atoms with van der Waals surface area (Å²) in [6.07, 6.45) is 0. The highest BCUT2D eigenvalue weighted by atomic mass is 79.9. The molecule has 20 heavy (non-hydrogen) atoms. The predicted octanol–water partition coefficient (Wildman–Crippen LogP) is 3.35. The Hall–Kier alpha value is -1.71. The second kappa shape index (κ2) is 6.16. The molecule has 0 saturated heterocycles. The van der Waals surface area contributed by atoms with Crippen LogP contribution in [0.25, 0.3) is 0 Å². The van der Waals surface area contributed by atoms with Crippen LogP contribution in [-0.4, -0.2) is 4.21 Å². The molecule has 3 nitrogen and oxygen atoms in total. The van der Waals surface area contributed by atoms with Crippen molar-refractivity contribution in [2.75, 3.05) is 5.73 Å². The van der Waals surface area contributed by atoms with Crippen molar-refractivity contribution in [1.29, 1.82) is 5.26 Å². The summed E-state index contributed by atoms with van der Waals surface area (Å²) in [6.45, 7) is 0. The SMILES string of the molecule is N#Cc1cc(F)cc(CS(=O)c2ccc(N)cc2Br)c1. The Bertz CT molecular complexity index is 728. The number of hydrogen-bond acceptors (Lipinski definition) is 3. The Morgan fingerprint density at radius 1 is 1.30 bits per heavy atom. The average Bonchev–Trinajstić information content (AvgIpc) is 2.37. The molecule has 0 aromatic heterocycles. The van der Waals surface area contributed by atoms with Gasteiger partial charge in [0, 0.05) is 10.2 Å². The van der Waals surface area contributed by atoms with Crippen LogP contribution in [0.4, 0.5) is 10.1 Å². The van der Waals surface area contributed by atoms with Gasteiger partial charge in [0.25, 0.3) is 0 Å². The molecule has 0 spiro atoms. The number of nitrogen functional groups attached to an aromatic ring is 1. The lowest BCUT2D eigenvalue weighted by Crippen LogP contribution is -1.99. The summed E-state index contributed by atoms with van der Waals surface area (Å²) >= 11 is 3.30. The van der Waals surface area contributed by atoms with Crippen molar-refractivity contribution in [3.63, 3.8) is 0 Å². The third kappa shape index (κ3) is 3.44. The van der Waals surface area contributed by atoms with Gasteiger partial charge in [-0.1, -0.05) is 0 Å². The second-order valence-corrected chi connectivity index (χ2v) is 6.41. The molecule has 1 unspecified atom stereocenters. The molecule has 2 aromatic rings. The van der Waals surface area contributed by atoms with E-state index in [4.69, 9.17) is 11.0 Å². The first-order valence-corrected chi connectivity index (χ1v) is 7.74. The van der Waals surface area contributed by atoms with Gasteiger partial charge < -0.3 is 5.73 Å². The van der Waals surface area contributed by atoms with Gasteiger partial charge in [0.1, 0.15) is 5.82 Å². The molecule has 0 saturated carbocycles. The lowest BCUT2D eigenvalue weighted by Gasteiger charge is -2.06. The fourth-order valence-corrected chi connectivity index (χ4v) is 3.79. The van der Waals surface area contributed by atoms with E-state index in [1.807, 2.05) is 6.07 Å². The van der Waals surface area contributed by atoms with E-state index in [-0.39, 0.29) is 11.3 Å². The van der Waals surface area contributed by atoms with Gasteiger partial charge in [-0.15, -0.1) is 0 Å². The zero-order valence-electron chi connectivity index (χ0n) is 10.3. The molecule has 0 bridgehead atoms. The van der Waals surface area contributed by atoms with Gasteiger partial charge >= 0.3 is 0 Å². The number of halogens is 2. The molecule has 0 aliphatic heterocycles. The van der Waals surface area contributed by atoms with Crippen LogP contribution in [0.15, 0.2) is 45.8 Å². The number of nitrogens with two attached hydrogens (primary N) is 1. The highest BCUT2D eigenvalue weighted by Gasteiger charge is 2.11. The first-order chi connectivity index (χ1) is 9.49. The van der Waals surface area contributed by atoms with Crippen LogP contribution in [0.5, 0.6) is 0 Å². The van der Waals surface area contributed by atoms with Gasteiger partial charge in [0.15, 0.2) is 0 Å². The van der Waals surface area contributed by atoms with Gasteiger partial charge in [0.05, 0.1) is 33.1 Å². The van der Waals surface area contributed by atoms with Crippen molar-refractivity contribution >= 4 is 32.4 Å². The lowest BCUT2D eigenvalue weighted by atomic mass is 10.1. The maximum Gasteiger partial charge on any atom is 0.124 e. The van der Waals surface area contributed by atoms with E-state index >= 15 is 0 Å². The third-order valence-electron chi connectivity index (χ3n) is 2.59. The molecule has 2 aromatic carbocycles. The van der Waals surface area contributed by atoms with E-state index in [1.165, 1.54) is 12.1 Å². The van der Waals surface area contributed by atoms with Crippen LogP contribution in [0.1, 0.15) is 11.1 Å². The van der Waals surface area contributed by atoms with Crippen LogP contribution >= 0.6 is 15.9 Å². The van der Waals surface area contributed by atoms with E-state index in [9.17, 15) is 8.60 Å². The van der Waals surface area contributed by atoms with Crippen LogP contribution in [0, 0.1) is 17.1 Å². The molecule has 0 fully saturated rings. The van der Waals surface area contributed by atoms with Crippen molar-refractivity contribution in [2.45, 2.75) is 10.6 Å². The molecular weight excluding hydrogens is 343 g/mol. The normalized spacial score (nSPS) is 11.8. The zero-order chi connectivity index (χ0) is 14.7. The molecule has 1 atom stereocenters. The van der Waals surface area contributed by atoms with Gasteiger partial charge in [-0.25, -0.2) is 4.39 Å². The Kier molecular flexibility index (Phi) is 4.53. The fourth-order valence-electron chi connectivity index (χ4n) is 1.73. The van der Waals surface area contributed by atoms with E-state index in [0.717, 1.165) is 6.07 Å². The predicted molar refractivity (Wildman–Crippen MR) is 79.8 cm³/mol. The highest BCUT2D eigenvalue weighted by molar-refractivity contribution is 9.10. The number of nitriles is 1. The first-order valence-electron chi connectivity index (χ1n) is 5.62. The molecule has 0 aliphatic carbocycles. The average molecular weight is 353 g/mol. The maximum absolute atomic E-state index is 13.3. The van der Waals surface area contributed by atoms with Crippen molar-refractivity contribution in [3.05, 3.63) is 57.8 Å². The van der Waals surface area contributed by atoms with Crippen LogP contribution in [0.2, 0.25) is 0 Å². The number of benzene rings is 2. The Morgan fingerprint density at radius 3 is 2.70 bits per heavy atom. The summed E-state index contributed by atoms with van der Waals surface area (Å²) in [7, 11) is -1.35. The Labute approximate surface area is 126 Å². The van der Waals surface area contributed by atoms with Crippen molar-refractivity contribution in [3.8, 4) is 6.07 Å². The topological polar surface area (TPSA) is 66.9 Å². The second-order valence-electron chi connectivity index (χ2n) is 4.14. The molecule has 2 rings (SSSR count). The number of nitrogens with zero attached hydrogens (tertiary/aromatic N) is 1. The van der Waals surface area contributed by atoms with Gasteiger partial charge in [-0.05, 0) is 57.9 Å². The van der Waals surface area contributed by atoms with E-state index < -0.39 is 16.6 Å². The van der Waals surface area contributed by atoms with Crippen LogP contribution in [0.3, 0.4) is 0 Å². The molecule has 0 radical (unpaired) electrons. The Balaban J connectivity index is 2.28. The zero-order valence-corrected chi connectivity index (χ0v) is 12.7. The summed E-state index contributed by atoms with van der Waals surface area (Å²) < 4.78 is 26.3. The minimum Gasteiger partial charge on any atom is -0.399 e. The van der Waals surface area contributed by atoms with Gasteiger partial charge in [-0.3, -0.25) is 4.21 Å². The highest BCUT2D eigenvalue weighted by Crippen LogP contribution is 2.25. The number of hydrogen-bond donors (Lipinski definition) is 1. The Morgan fingerprint density at radius 2 is 2.05 bits per heavy atom. The largest absolute Gasteiger partial charge is 0.399 e. The minimum atomic E-state index is -1.35. The molecular formula is C14H10BrFN2OS. The molecule has 0 aliphatic rings. The molecule has 102 valence electrons. The maximum atomic E-state index is 13.3. The minimum absolute atomic E-state index is 0.134. The smallest absolute Gasteiger partial charge is 0.124 e. The number of anilines is 1. The monoisotopic (exact) mass is 352 g/mol. The molecule has 2 N–H and O–H groups in total. The molecule has 0 heterocycles. The summed E-state index contributed by atoms with van der Waals surface area (Å²) in [4.78, 5) is 0.585. The standard InChI is InChI=1S/C14H10BrFN2OS/c15-13-6-12(18)1-2-14(13)20(19)8-10-3-9(7-17)4-11(16)5-10/h1-6H,8,18H2. The first kappa shape index (κ1) is 14.7. The van der Waals surface area contributed by atoms with Gasteiger partial charge in [-0.2, -0.15) is 5.26 Å². The van der Waals surface area contributed by atoms with Crippen LogP contribution in [-0.2, 0) is 16.6 Å². The summed E-state index contributed by atoms with van der Waals surface area (Å²) in [5.41, 5.74) is 6.92. The van der Waals surface area contributed by atoms with Crippen molar-refractivity contribution < 1.29 is 8.60 Å². The van der Waals surface area contributed by atoms with E-state index in [0.29, 0.717) is 20.6 Å². The third-order valence-corrected chi connectivity index (χ3v) is 4.95. The summed E-state index contributed by atoms with van der Waals surface area (Å²) in [6, 6.07) is 10.8. The van der Waals surface area contributed by atoms with Crippen LogP contribution < -0.4 is 5.73 Å². The van der Waals surface area contributed by atoms with E-state index in [2.05, 4.69) is 15.9 Å². The van der Waals surface area contributed by atoms with Gasteiger partial charge in [0.2, 0.25) is 0 Å². The lowest BCUT2D eigenvalue weighted by molar-refractivity contribution is 0.625. The summed E-state index contributed by atoms with van der Waals surface area (Å²) in [5, 5.41) is 8.80. The molecule has 6 heteroatoms. The summed E-state index contributed by atoms with van der Waals surface area (Å²) in [5.74, 6) is -0.373.